The van der Waals surface area contributed by atoms with E-state index in [2.05, 4.69) is 11.4 Å². The van der Waals surface area contributed by atoms with E-state index < -0.39 is 6.10 Å². The molecule has 2 aromatic rings. The fourth-order valence-corrected chi connectivity index (χ4v) is 3.07. The van der Waals surface area contributed by atoms with E-state index in [-0.39, 0.29) is 5.91 Å². The highest BCUT2D eigenvalue weighted by Gasteiger charge is 2.19. The average molecular weight is 309 g/mol. The van der Waals surface area contributed by atoms with Gasteiger partial charge >= 0.3 is 0 Å². The summed E-state index contributed by atoms with van der Waals surface area (Å²) in [5.41, 5.74) is 4.56. The molecule has 1 N–H and O–H groups in total. The molecule has 3 heteroatoms. The molecule has 0 fully saturated rings. The second kappa shape index (κ2) is 6.86. The van der Waals surface area contributed by atoms with E-state index >= 15 is 0 Å². The van der Waals surface area contributed by atoms with Gasteiger partial charge in [-0.05, 0) is 74.4 Å². The lowest BCUT2D eigenvalue weighted by Gasteiger charge is -2.22. The van der Waals surface area contributed by atoms with Gasteiger partial charge in [0, 0.05) is 5.69 Å². The Bertz CT molecular complexity index is 709. The van der Waals surface area contributed by atoms with Crippen molar-refractivity contribution in [3.63, 3.8) is 0 Å². The summed E-state index contributed by atoms with van der Waals surface area (Å²) >= 11 is 0. The Morgan fingerprint density at radius 2 is 1.91 bits per heavy atom. The molecule has 1 aliphatic rings. The molecule has 23 heavy (non-hydrogen) atoms. The van der Waals surface area contributed by atoms with Crippen LogP contribution < -0.4 is 10.1 Å². The summed E-state index contributed by atoms with van der Waals surface area (Å²) in [5, 5.41) is 2.92. The number of carbonyl (C=O) groups is 1. The highest BCUT2D eigenvalue weighted by molar-refractivity contribution is 5.94. The summed E-state index contributed by atoms with van der Waals surface area (Å²) < 4.78 is 5.96. The maximum atomic E-state index is 12.4. The Morgan fingerprint density at radius 1 is 1.13 bits per heavy atom. The van der Waals surface area contributed by atoms with Crippen LogP contribution >= 0.6 is 0 Å². The van der Waals surface area contributed by atoms with Crippen LogP contribution in [-0.2, 0) is 17.6 Å². The summed E-state index contributed by atoms with van der Waals surface area (Å²) in [6, 6.07) is 13.9. The van der Waals surface area contributed by atoms with Gasteiger partial charge < -0.3 is 10.1 Å². The minimum Gasteiger partial charge on any atom is -0.481 e. The minimum atomic E-state index is -0.524. The number of carbonyl (C=O) groups excluding carboxylic acids is 1. The molecule has 1 aliphatic carbocycles. The molecule has 0 bridgehead atoms. The molecule has 2 aromatic carbocycles. The van der Waals surface area contributed by atoms with Crippen LogP contribution in [0.4, 0.5) is 5.69 Å². The van der Waals surface area contributed by atoms with E-state index in [9.17, 15) is 4.79 Å². The van der Waals surface area contributed by atoms with Crippen LogP contribution in [0, 0.1) is 6.92 Å². The molecule has 0 saturated heterocycles. The third-order valence-electron chi connectivity index (χ3n) is 4.31. The van der Waals surface area contributed by atoms with Gasteiger partial charge in [-0.25, -0.2) is 0 Å². The summed E-state index contributed by atoms with van der Waals surface area (Å²) in [6.07, 6.45) is 4.05. The van der Waals surface area contributed by atoms with Crippen LogP contribution in [0.1, 0.15) is 36.5 Å². The predicted octanol–water partition coefficient (Wildman–Crippen LogP) is 4.28. The van der Waals surface area contributed by atoms with E-state index in [4.69, 9.17) is 4.74 Å². The number of benzene rings is 2. The quantitative estimate of drug-likeness (QED) is 0.915. The fraction of sp³-hybridized carbons (Fsp3) is 0.350. The zero-order chi connectivity index (χ0) is 16.2. The average Bonchev–Trinajstić information content (AvgIpc) is 2.55. The van der Waals surface area contributed by atoms with E-state index in [0.717, 1.165) is 29.8 Å². The summed E-state index contributed by atoms with van der Waals surface area (Å²) in [6.45, 7) is 3.80. The van der Waals surface area contributed by atoms with Crippen molar-refractivity contribution in [3.05, 3.63) is 59.2 Å². The van der Waals surface area contributed by atoms with E-state index in [1.54, 1.807) is 6.92 Å². The Morgan fingerprint density at radius 3 is 2.74 bits per heavy atom. The van der Waals surface area contributed by atoms with Gasteiger partial charge in [-0.2, -0.15) is 0 Å². The Hall–Kier alpha value is -2.29. The Kier molecular flexibility index (Phi) is 4.65. The number of rotatable bonds is 4. The number of aryl methyl sites for hydroxylation is 2. The van der Waals surface area contributed by atoms with Gasteiger partial charge in [0.25, 0.3) is 5.91 Å². The molecule has 3 rings (SSSR count). The van der Waals surface area contributed by atoms with Crippen LogP contribution in [0.5, 0.6) is 5.75 Å². The predicted molar refractivity (Wildman–Crippen MR) is 93.0 cm³/mol. The number of ether oxygens (including phenoxy) is 1. The van der Waals surface area contributed by atoms with Crippen LogP contribution in [0.25, 0.3) is 0 Å². The standard InChI is InChI=1S/C20H23NO2/c1-14-7-5-10-17(13-14)21-20(22)15(2)23-19-12-6-9-16-8-3-4-11-18(16)19/h5-7,9-10,12-13,15H,3-4,8,11H2,1-2H3,(H,21,22)/t15-/m1/s1. The van der Waals surface area contributed by atoms with Crippen molar-refractivity contribution in [1.82, 2.24) is 0 Å². The molecule has 1 atom stereocenters. The molecule has 0 unspecified atom stereocenters. The van der Waals surface area contributed by atoms with Gasteiger partial charge in [0.15, 0.2) is 6.10 Å². The van der Waals surface area contributed by atoms with Crippen molar-refractivity contribution in [2.45, 2.75) is 45.6 Å². The molecule has 0 aliphatic heterocycles. The van der Waals surface area contributed by atoms with E-state index in [1.165, 1.54) is 24.0 Å². The molecule has 0 radical (unpaired) electrons. The monoisotopic (exact) mass is 309 g/mol. The SMILES string of the molecule is Cc1cccc(NC(=O)[C@@H](C)Oc2cccc3c2CCCC3)c1. The minimum absolute atomic E-state index is 0.121. The molecule has 0 aromatic heterocycles. The zero-order valence-electron chi connectivity index (χ0n) is 13.8. The van der Waals surface area contributed by atoms with Crippen molar-refractivity contribution >= 4 is 11.6 Å². The molecule has 3 nitrogen and oxygen atoms in total. The fourth-order valence-electron chi connectivity index (χ4n) is 3.07. The lowest BCUT2D eigenvalue weighted by molar-refractivity contribution is -0.122. The summed E-state index contributed by atoms with van der Waals surface area (Å²) in [4.78, 5) is 12.4. The molecule has 0 saturated carbocycles. The Balaban J connectivity index is 1.69. The number of fused-ring (bicyclic) bond motifs is 1. The number of anilines is 1. The van der Waals surface area contributed by atoms with Gasteiger partial charge in [0.05, 0.1) is 0 Å². The largest absolute Gasteiger partial charge is 0.481 e. The van der Waals surface area contributed by atoms with Crippen molar-refractivity contribution in [2.75, 3.05) is 5.32 Å². The number of hydrogen-bond donors (Lipinski definition) is 1. The first-order valence-electron chi connectivity index (χ1n) is 8.28. The maximum absolute atomic E-state index is 12.4. The first kappa shape index (κ1) is 15.6. The Labute approximate surface area is 137 Å². The smallest absolute Gasteiger partial charge is 0.265 e. The van der Waals surface area contributed by atoms with Gasteiger partial charge in [-0.15, -0.1) is 0 Å². The van der Waals surface area contributed by atoms with Crippen LogP contribution in [-0.4, -0.2) is 12.0 Å². The molecule has 0 heterocycles. The van der Waals surface area contributed by atoms with Crippen molar-refractivity contribution in [1.29, 1.82) is 0 Å². The van der Waals surface area contributed by atoms with Crippen LogP contribution in [0.2, 0.25) is 0 Å². The summed E-state index contributed by atoms with van der Waals surface area (Å²) in [7, 11) is 0. The number of nitrogens with one attached hydrogen (secondary N) is 1. The maximum Gasteiger partial charge on any atom is 0.265 e. The van der Waals surface area contributed by atoms with E-state index in [1.807, 2.05) is 43.3 Å². The number of amides is 1. The van der Waals surface area contributed by atoms with Gasteiger partial charge in [-0.3, -0.25) is 4.79 Å². The second-order valence-electron chi connectivity index (χ2n) is 6.22. The molecular formula is C20H23NO2. The number of hydrogen-bond acceptors (Lipinski definition) is 2. The van der Waals surface area contributed by atoms with Gasteiger partial charge in [0.2, 0.25) is 0 Å². The molecule has 120 valence electrons. The topological polar surface area (TPSA) is 38.3 Å². The lowest BCUT2D eigenvalue weighted by atomic mass is 9.91. The van der Waals surface area contributed by atoms with Crippen LogP contribution in [0.15, 0.2) is 42.5 Å². The van der Waals surface area contributed by atoms with Crippen molar-refractivity contribution in [3.8, 4) is 5.75 Å². The lowest BCUT2D eigenvalue weighted by Crippen LogP contribution is -2.30. The highest BCUT2D eigenvalue weighted by Crippen LogP contribution is 2.30. The molecule has 1 amide bonds. The van der Waals surface area contributed by atoms with Crippen molar-refractivity contribution in [2.24, 2.45) is 0 Å². The third kappa shape index (κ3) is 3.73. The molecular weight excluding hydrogens is 286 g/mol. The summed E-state index contributed by atoms with van der Waals surface area (Å²) in [5.74, 6) is 0.734. The van der Waals surface area contributed by atoms with Gasteiger partial charge in [-0.1, -0.05) is 24.3 Å². The normalized spacial score (nSPS) is 14.7. The van der Waals surface area contributed by atoms with E-state index in [0.29, 0.717) is 0 Å². The molecule has 0 spiro atoms. The van der Waals surface area contributed by atoms with Gasteiger partial charge in [0.1, 0.15) is 5.75 Å². The van der Waals surface area contributed by atoms with Crippen LogP contribution in [0.3, 0.4) is 0 Å². The first-order chi connectivity index (χ1) is 11.1. The third-order valence-corrected chi connectivity index (χ3v) is 4.31. The zero-order valence-corrected chi connectivity index (χ0v) is 13.8. The highest BCUT2D eigenvalue weighted by atomic mass is 16.5. The first-order valence-corrected chi connectivity index (χ1v) is 8.28. The van der Waals surface area contributed by atoms with Crippen molar-refractivity contribution < 1.29 is 9.53 Å². The second-order valence-corrected chi connectivity index (χ2v) is 6.22.